The molecule has 2 aromatic rings. The van der Waals surface area contributed by atoms with Gasteiger partial charge in [-0.15, -0.1) is 0 Å². The van der Waals surface area contributed by atoms with E-state index in [2.05, 4.69) is 10.2 Å². The van der Waals surface area contributed by atoms with Crippen LogP contribution < -0.4 is 0 Å². The van der Waals surface area contributed by atoms with Gasteiger partial charge in [-0.05, 0) is 19.1 Å². The summed E-state index contributed by atoms with van der Waals surface area (Å²) in [5, 5.41) is 15.5. The van der Waals surface area contributed by atoms with Crippen LogP contribution in [-0.4, -0.2) is 21.3 Å². The molecule has 82 valence electrons. The van der Waals surface area contributed by atoms with Crippen molar-refractivity contribution in [1.82, 2.24) is 10.2 Å². The van der Waals surface area contributed by atoms with Gasteiger partial charge >= 0.3 is 5.97 Å². The van der Waals surface area contributed by atoms with Crippen molar-refractivity contribution in [3.63, 3.8) is 0 Å². The number of aryl methyl sites for hydroxylation is 1. The van der Waals surface area contributed by atoms with Crippen LogP contribution in [0.15, 0.2) is 24.3 Å². The van der Waals surface area contributed by atoms with E-state index >= 15 is 0 Å². The van der Waals surface area contributed by atoms with Gasteiger partial charge in [0.1, 0.15) is 11.4 Å². The second-order valence-electron chi connectivity index (χ2n) is 3.40. The number of benzene rings is 1. The van der Waals surface area contributed by atoms with Crippen LogP contribution in [0.25, 0.3) is 11.3 Å². The standard InChI is InChI=1S/C11H9FN2O2/c1-6-5-9(14-13-6)7-3-2-4-8(12)10(7)11(15)16/h2-5H,1H3,(H,13,14)(H,15,16). The van der Waals surface area contributed by atoms with E-state index in [1.54, 1.807) is 13.0 Å². The molecule has 1 aromatic carbocycles. The van der Waals surface area contributed by atoms with E-state index in [0.29, 0.717) is 5.69 Å². The number of hydrogen-bond acceptors (Lipinski definition) is 2. The zero-order valence-electron chi connectivity index (χ0n) is 8.49. The molecule has 0 aliphatic heterocycles. The highest BCUT2D eigenvalue weighted by atomic mass is 19.1. The molecule has 0 radical (unpaired) electrons. The van der Waals surface area contributed by atoms with Crippen molar-refractivity contribution in [2.45, 2.75) is 6.92 Å². The maximum absolute atomic E-state index is 13.4. The summed E-state index contributed by atoms with van der Waals surface area (Å²) in [4.78, 5) is 10.9. The first-order valence-corrected chi connectivity index (χ1v) is 4.64. The molecule has 0 saturated heterocycles. The van der Waals surface area contributed by atoms with Gasteiger partial charge in [0.25, 0.3) is 0 Å². The fourth-order valence-corrected chi connectivity index (χ4v) is 1.51. The van der Waals surface area contributed by atoms with Crippen molar-refractivity contribution in [3.05, 3.63) is 41.3 Å². The van der Waals surface area contributed by atoms with Crippen LogP contribution in [0.2, 0.25) is 0 Å². The molecular formula is C11H9FN2O2. The third-order valence-electron chi connectivity index (χ3n) is 2.21. The third kappa shape index (κ3) is 1.67. The maximum atomic E-state index is 13.4. The highest BCUT2D eigenvalue weighted by Crippen LogP contribution is 2.24. The summed E-state index contributed by atoms with van der Waals surface area (Å²) in [5.41, 5.74) is 1.14. The average molecular weight is 220 g/mol. The minimum Gasteiger partial charge on any atom is -0.478 e. The van der Waals surface area contributed by atoms with E-state index in [0.717, 1.165) is 11.8 Å². The first kappa shape index (κ1) is 10.4. The molecule has 0 saturated carbocycles. The van der Waals surface area contributed by atoms with Crippen molar-refractivity contribution in [2.75, 3.05) is 0 Å². The van der Waals surface area contributed by atoms with Crippen LogP contribution >= 0.6 is 0 Å². The highest BCUT2D eigenvalue weighted by molar-refractivity contribution is 5.95. The predicted octanol–water partition coefficient (Wildman–Crippen LogP) is 2.22. The summed E-state index contributed by atoms with van der Waals surface area (Å²) in [6, 6.07) is 5.77. The topological polar surface area (TPSA) is 66.0 Å². The average Bonchev–Trinajstić information content (AvgIpc) is 2.63. The Morgan fingerprint density at radius 2 is 2.25 bits per heavy atom. The van der Waals surface area contributed by atoms with Crippen LogP contribution in [0.5, 0.6) is 0 Å². The van der Waals surface area contributed by atoms with E-state index in [-0.39, 0.29) is 11.1 Å². The molecule has 0 unspecified atom stereocenters. The van der Waals surface area contributed by atoms with Crippen LogP contribution in [0.3, 0.4) is 0 Å². The van der Waals surface area contributed by atoms with E-state index in [1.165, 1.54) is 12.1 Å². The first-order chi connectivity index (χ1) is 7.59. The minimum absolute atomic E-state index is 0.275. The van der Waals surface area contributed by atoms with Crippen molar-refractivity contribution in [2.24, 2.45) is 0 Å². The number of rotatable bonds is 2. The quantitative estimate of drug-likeness (QED) is 0.815. The van der Waals surface area contributed by atoms with Gasteiger partial charge in [0.05, 0.1) is 5.69 Å². The van der Waals surface area contributed by atoms with Crippen molar-refractivity contribution >= 4 is 5.97 Å². The molecule has 0 atom stereocenters. The molecule has 1 heterocycles. The number of hydrogen-bond donors (Lipinski definition) is 2. The molecular weight excluding hydrogens is 211 g/mol. The summed E-state index contributed by atoms with van der Waals surface area (Å²) < 4.78 is 13.4. The number of carbonyl (C=O) groups is 1. The van der Waals surface area contributed by atoms with Crippen LogP contribution in [-0.2, 0) is 0 Å². The molecule has 5 heteroatoms. The maximum Gasteiger partial charge on any atom is 0.339 e. The minimum atomic E-state index is -1.30. The Morgan fingerprint density at radius 3 is 2.81 bits per heavy atom. The first-order valence-electron chi connectivity index (χ1n) is 4.64. The summed E-state index contributed by atoms with van der Waals surface area (Å²) >= 11 is 0. The van der Waals surface area contributed by atoms with Crippen LogP contribution in [0.1, 0.15) is 16.1 Å². The van der Waals surface area contributed by atoms with Gasteiger partial charge in [0.2, 0.25) is 0 Å². The molecule has 0 bridgehead atoms. The van der Waals surface area contributed by atoms with Gasteiger partial charge in [-0.3, -0.25) is 5.10 Å². The highest BCUT2D eigenvalue weighted by Gasteiger charge is 2.18. The molecule has 16 heavy (non-hydrogen) atoms. The predicted molar refractivity (Wildman–Crippen MR) is 55.7 cm³/mol. The number of nitrogens with zero attached hydrogens (tertiary/aromatic N) is 1. The van der Waals surface area contributed by atoms with E-state index in [9.17, 15) is 9.18 Å². The molecule has 0 spiro atoms. The second-order valence-corrected chi connectivity index (χ2v) is 3.40. The Balaban J connectivity index is 2.65. The zero-order chi connectivity index (χ0) is 11.7. The zero-order valence-corrected chi connectivity index (χ0v) is 8.49. The lowest BCUT2D eigenvalue weighted by Gasteiger charge is -2.03. The third-order valence-corrected chi connectivity index (χ3v) is 2.21. The number of aromatic nitrogens is 2. The van der Waals surface area contributed by atoms with E-state index in [1.807, 2.05) is 0 Å². The Morgan fingerprint density at radius 1 is 1.50 bits per heavy atom. The van der Waals surface area contributed by atoms with Gasteiger partial charge in [-0.2, -0.15) is 5.10 Å². The Bertz CT molecular complexity index is 549. The normalized spacial score (nSPS) is 10.4. The summed E-state index contributed by atoms with van der Waals surface area (Å²) in [7, 11) is 0. The number of carboxylic acids is 1. The molecule has 0 amide bonds. The van der Waals surface area contributed by atoms with Gasteiger partial charge in [-0.1, -0.05) is 12.1 Å². The largest absolute Gasteiger partial charge is 0.478 e. The van der Waals surface area contributed by atoms with Gasteiger partial charge < -0.3 is 5.11 Å². The molecule has 0 aliphatic carbocycles. The van der Waals surface area contributed by atoms with Gasteiger partial charge in [0, 0.05) is 11.3 Å². The Kier molecular flexibility index (Phi) is 2.44. The molecule has 2 N–H and O–H groups in total. The fourth-order valence-electron chi connectivity index (χ4n) is 1.51. The number of H-pyrrole nitrogens is 1. The number of carboxylic acid groups (broad SMARTS) is 1. The molecule has 4 nitrogen and oxygen atoms in total. The molecule has 1 aromatic heterocycles. The smallest absolute Gasteiger partial charge is 0.339 e. The lowest BCUT2D eigenvalue weighted by molar-refractivity contribution is 0.0693. The molecule has 2 rings (SSSR count). The number of nitrogens with one attached hydrogen (secondary N) is 1. The number of halogens is 1. The van der Waals surface area contributed by atoms with Crippen molar-refractivity contribution in [3.8, 4) is 11.3 Å². The summed E-state index contributed by atoms with van der Waals surface area (Å²) in [6.45, 7) is 1.79. The van der Waals surface area contributed by atoms with Crippen LogP contribution in [0, 0.1) is 12.7 Å². The summed E-state index contributed by atoms with van der Waals surface area (Å²) in [5.74, 6) is -2.06. The lowest BCUT2D eigenvalue weighted by atomic mass is 10.0. The fraction of sp³-hybridized carbons (Fsp3) is 0.0909. The van der Waals surface area contributed by atoms with E-state index in [4.69, 9.17) is 5.11 Å². The van der Waals surface area contributed by atoms with Gasteiger partial charge in [0.15, 0.2) is 0 Å². The van der Waals surface area contributed by atoms with Gasteiger partial charge in [-0.25, -0.2) is 9.18 Å². The Hall–Kier alpha value is -2.17. The second kappa shape index (κ2) is 3.77. The SMILES string of the molecule is Cc1cc(-c2cccc(F)c2C(=O)O)n[nH]1. The van der Waals surface area contributed by atoms with Crippen molar-refractivity contribution < 1.29 is 14.3 Å². The lowest BCUT2D eigenvalue weighted by Crippen LogP contribution is -2.03. The number of aromatic amines is 1. The molecule has 0 fully saturated rings. The Labute approximate surface area is 90.7 Å². The monoisotopic (exact) mass is 220 g/mol. The number of aromatic carboxylic acids is 1. The van der Waals surface area contributed by atoms with Crippen LogP contribution in [0.4, 0.5) is 4.39 Å². The summed E-state index contributed by atoms with van der Waals surface area (Å²) in [6.07, 6.45) is 0. The molecule has 0 aliphatic rings. The van der Waals surface area contributed by atoms with E-state index < -0.39 is 11.8 Å². The van der Waals surface area contributed by atoms with Crippen molar-refractivity contribution in [1.29, 1.82) is 0 Å².